The topological polar surface area (TPSA) is 64.1 Å². The van der Waals surface area contributed by atoms with Crippen LogP contribution in [-0.2, 0) is 13.0 Å². The Morgan fingerprint density at radius 2 is 1.57 bits per heavy atom. The van der Waals surface area contributed by atoms with Gasteiger partial charge in [-0.15, -0.1) is 0 Å². The van der Waals surface area contributed by atoms with Gasteiger partial charge in [-0.2, -0.15) is 0 Å². The van der Waals surface area contributed by atoms with Crippen molar-refractivity contribution in [2.24, 2.45) is 0 Å². The predicted octanol–water partition coefficient (Wildman–Crippen LogP) is 4.86. The summed E-state index contributed by atoms with van der Waals surface area (Å²) in [4.78, 5) is 27.3. The Hall–Kier alpha value is -2.50. The predicted molar refractivity (Wildman–Crippen MR) is 112 cm³/mol. The van der Waals surface area contributed by atoms with E-state index in [2.05, 4.69) is 4.98 Å². The van der Waals surface area contributed by atoms with Gasteiger partial charge < -0.3 is 4.74 Å². The van der Waals surface area contributed by atoms with E-state index in [1.165, 1.54) is 4.57 Å². The van der Waals surface area contributed by atoms with Crippen LogP contribution in [0.2, 0.25) is 10.0 Å². The van der Waals surface area contributed by atoms with Crippen LogP contribution < -0.4 is 16.0 Å². The second kappa shape index (κ2) is 8.25. The van der Waals surface area contributed by atoms with Gasteiger partial charge in [0.25, 0.3) is 5.56 Å². The molecule has 28 heavy (non-hydrogen) atoms. The molecule has 1 aromatic heterocycles. The van der Waals surface area contributed by atoms with Crippen LogP contribution in [0.5, 0.6) is 11.6 Å². The van der Waals surface area contributed by atoms with Crippen LogP contribution in [0.15, 0.2) is 46.0 Å². The van der Waals surface area contributed by atoms with Crippen molar-refractivity contribution in [1.82, 2.24) is 9.55 Å². The van der Waals surface area contributed by atoms with Crippen molar-refractivity contribution >= 4 is 23.2 Å². The quantitative estimate of drug-likeness (QED) is 0.642. The third-order valence-electron chi connectivity index (χ3n) is 4.27. The molecule has 0 unspecified atom stereocenters. The second-order valence-electron chi connectivity index (χ2n) is 6.69. The Morgan fingerprint density at radius 3 is 2.14 bits per heavy atom. The molecule has 3 rings (SSSR count). The van der Waals surface area contributed by atoms with E-state index in [9.17, 15) is 9.59 Å². The van der Waals surface area contributed by atoms with E-state index in [0.717, 1.165) is 16.7 Å². The summed E-state index contributed by atoms with van der Waals surface area (Å²) in [6.07, 6.45) is 0.409. The number of halogens is 2. The first-order valence-electron chi connectivity index (χ1n) is 8.84. The Morgan fingerprint density at radius 1 is 0.964 bits per heavy atom. The summed E-state index contributed by atoms with van der Waals surface area (Å²) in [7, 11) is 0. The number of ether oxygens (including phenoxy) is 1. The number of H-pyrrole nitrogens is 1. The average Bonchev–Trinajstić information content (AvgIpc) is 2.56. The standard InChI is InChI=1S/C21H20Cl2N2O3/c1-4-18-19(26)24-21(27)25(11-14-8-15(22)10-16(23)9-14)20(18)28-17-6-12(2)5-13(3)7-17/h5-10H,4,11H2,1-3H3,(H,24,26,27). The minimum Gasteiger partial charge on any atom is -0.440 e. The van der Waals surface area contributed by atoms with E-state index in [-0.39, 0.29) is 12.4 Å². The average molecular weight is 419 g/mol. The maximum Gasteiger partial charge on any atom is 0.331 e. The van der Waals surface area contributed by atoms with Crippen molar-refractivity contribution in [2.75, 3.05) is 0 Å². The van der Waals surface area contributed by atoms with Gasteiger partial charge in [0.15, 0.2) is 0 Å². The molecule has 0 saturated carbocycles. The molecule has 3 aromatic rings. The summed E-state index contributed by atoms with van der Waals surface area (Å²) < 4.78 is 7.45. The molecule has 0 aliphatic rings. The summed E-state index contributed by atoms with van der Waals surface area (Å²) in [6, 6.07) is 10.8. The molecule has 7 heteroatoms. The molecule has 5 nitrogen and oxygen atoms in total. The Balaban J connectivity index is 2.15. The molecule has 2 aromatic carbocycles. The van der Waals surface area contributed by atoms with Crippen molar-refractivity contribution < 1.29 is 4.74 Å². The molecular formula is C21H20Cl2N2O3. The van der Waals surface area contributed by atoms with E-state index < -0.39 is 11.2 Å². The first-order valence-corrected chi connectivity index (χ1v) is 9.59. The van der Waals surface area contributed by atoms with Gasteiger partial charge in [-0.05, 0) is 67.3 Å². The fourth-order valence-corrected chi connectivity index (χ4v) is 3.72. The van der Waals surface area contributed by atoms with Gasteiger partial charge in [0, 0.05) is 10.0 Å². The first kappa shape index (κ1) is 20.2. The zero-order valence-electron chi connectivity index (χ0n) is 15.8. The van der Waals surface area contributed by atoms with Gasteiger partial charge >= 0.3 is 5.69 Å². The number of rotatable bonds is 5. The Kier molecular flexibility index (Phi) is 5.96. The van der Waals surface area contributed by atoms with Crippen LogP contribution in [-0.4, -0.2) is 9.55 Å². The van der Waals surface area contributed by atoms with E-state index >= 15 is 0 Å². The van der Waals surface area contributed by atoms with Crippen LogP contribution in [0.25, 0.3) is 0 Å². The third-order valence-corrected chi connectivity index (χ3v) is 4.71. The molecule has 146 valence electrons. The lowest BCUT2D eigenvalue weighted by molar-refractivity contribution is 0.414. The molecule has 0 atom stereocenters. The molecule has 1 heterocycles. The molecule has 0 fully saturated rings. The van der Waals surface area contributed by atoms with Gasteiger partial charge in [-0.1, -0.05) is 36.2 Å². The number of nitrogens with zero attached hydrogens (tertiary/aromatic N) is 1. The SMILES string of the molecule is CCc1c(Oc2cc(C)cc(C)c2)n(Cc2cc(Cl)cc(Cl)c2)c(=O)[nH]c1=O. The minimum atomic E-state index is -0.558. The fourth-order valence-electron chi connectivity index (χ4n) is 3.15. The van der Waals surface area contributed by atoms with E-state index in [0.29, 0.717) is 27.8 Å². The molecule has 0 spiro atoms. The normalized spacial score (nSPS) is 10.9. The Labute approximate surface area is 172 Å². The fraction of sp³-hybridized carbons (Fsp3) is 0.238. The van der Waals surface area contributed by atoms with E-state index in [4.69, 9.17) is 27.9 Å². The number of aromatic amines is 1. The first-order chi connectivity index (χ1) is 13.3. The van der Waals surface area contributed by atoms with E-state index in [1.807, 2.05) is 39.0 Å². The number of hydrogen-bond acceptors (Lipinski definition) is 3. The summed E-state index contributed by atoms with van der Waals surface area (Å²) in [5, 5.41) is 0.930. The van der Waals surface area contributed by atoms with Crippen LogP contribution >= 0.6 is 23.2 Å². The van der Waals surface area contributed by atoms with Crippen molar-refractivity contribution in [1.29, 1.82) is 0 Å². The molecule has 0 saturated heterocycles. The second-order valence-corrected chi connectivity index (χ2v) is 7.56. The van der Waals surface area contributed by atoms with Crippen molar-refractivity contribution in [3.05, 3.63) is 89.5 Å². The van der Waals surface area contributed by atoms with Gasteiger partial charge in [-0.3, -0.25) is 14.3 Å². The molecule has 0 aliphatic heterocycles. The molecule has 0 radical (unpaired) electrons. The van der Waals surface area contributed by atoms with Crippen LogP contribution in [0.4, 0.5) is 0 Å². The molecular weight excluding hydrogens is 399 g/mol. The summed E-state index contributed by atoms with van der Waals surface area (Å²) in [5.41, 5.74) is 2.15. The lowest BCUT2D eigenvalue weighted by atomic mass is 10.1. The lowest BCUT2D eigenvalue weighted by Gasteiger charge is -2.17. The highest BCUT2D eigenvalue weighted by atomic mass is 35.5. The maximum atomic E-state index is 12.6. The summed E-state index contributed by atoms with van der Waals surface area (Å²) >= 11 is 12.2. The highest BCUT2D eigenvalue weighted by Crippen LogP contribution is 2.26. The summed E-state index contributed by atoms with van der Waals surface area (Å²) in [6.45, 7) is 5.91. The number of hydrogen-bond donors (Lipinski definition) is 1. The number of nitrogens with one attached hydrogen (secondary N) is 1. The van der Waals surface area contributed by atoms with Gasteiger partial charge in [0.2, 0.25) is 5.88 Å². The maximum absolute atomic E-state index is 12.6. The van der Waals surface area contributed by atoms with Gasteiger partial charge in [0.1, 0.15) is 5.75 Å². The monoisotopic (exact) mass is 418 g/mol. The largest absolute Gasteiger partial charge is 0.440 e. The molecule has 0 bridgehead atoms. The zero-order chi connectivity index (χ0) is 20.4. The van der Waals surface area contributed by atoms with Crippen molar-refractivity contribution in [3.8, 4) is 11.6 Å². The summed E-state index contributed by atoms with van der Waals surface area (Å²) in [5.74, 6) is 0.785. The zero-order valence-corrected chi connectivity index (χ0v) is 17.3. The van der Waals surface area contributed by atoms with Gasteiger partial charge in [0.05, 0.1) is 12.1 Å². The van der Waals surface area contributed by atoms with Gasteiger partial charge in [-0.25, -0.2) is 4.79 Å². The van der Waals surface area contributed by atoms with Crippen LogP contribution in [0.3, 0.4) is 0 Å². The molecule has 0 aliphatic carbocycles. The highest BCUT2D eigenvalue weighted by molar-refractivity contribution is 6.34. The smallest absolute Gasteiger partial charge is 0.331 e. The number of aromatic nitrogens is 2. The van der Waals surface area contributed by atoms with Crippen LogP contribution in [0, 0.1) is 13.8 Å². The lowest BCUT2D eigenvalue weighted by Crippen LogP contribution is -2.33. The van der Waals surface area contributed by atoms with Crippen molar-refractivity contribution in [2.45, 2.75) is 33.7 Å². The molecule has 1 N–H and O–H groups in total. The number of aryl methyl sites for hydroxylation is 2. The molecule has 0 amide bonds. The van der Waals surface area contributed by atoms with E-state index in [1.54, 1.807) is 18.2 Å². The number of benzene rings is 2. The Bertz CT molecular complexity index is 1110. The van der Waals surface area contributed by atoms with Crippen LogP contribution in [0.1, 0.15) is 29.2 Å². The highest BCUT2D eigenvalue weighted by Gasteiger charge is 2.17. The third kappa shape index (κ3) is 4.49. The minimum absolute atomic E-state index is 0.156. The van der Waals surface area contributed by atoms with Crippen molar-refractivity contribution in [3.63, 3.8) is 0 Å².